The second-order valence-electron chi connectivity index (χ2n) is 9.80. The van der Waals surface area contributed by atoms with Crippen molar-refractivity contribution in [2.24, 2.45) is 5.92 Å². The normalized spacial score (nSPS) is 14.4. The molecule has 6 rings (SSSR count). The summed E-state index contributed by atoms with van der Waals surface area (Å²) >= 11 is 7.60. The molecule has 0 unspecified atom stereocenters. The van der Waals surface area contributed by atoms with E-state index >= 15 is 0 Å². The van der Waals surface area contributed by atoms with Crippen molar-refractivity contribution in [2.45, 2.75) is 31.0 Å². The highest BCUT2D eigenvalue weighted by Crippen LogP contribution is 2.29. The maximum Gasteiger partial charge on any atom is 0.233 e. The highest BCUT2D eigenvalue weighted by atomic mass is 35.5. The number of carbonyl (C=O) groups is 1. The molecule has 0 aliphatic carbocycles. The molecule has 0 saturated carbocycles. The number of benzene rings is 3. The molecule has 1 aliphatic rings. The smallest absolute Gasteiger partial charge is 0.233 e. The van der Waals surface area contributed by atoms with Crippen LogP contribution in [0.25, 0.3) is 22.1 Å². The first-order valence-corrected chi connectivity index (χ1v) is 14.3. The number of hydrogen-bond acceptors (Lipinski definition) is 5. The number of piperidine rings is 1. The van der Waals surface area contributed by atoms with E-state index in [-0.39, 0.29) is 5.91 Å². The SMILES string of the molecule is O=C(CSc1nnc2c3ccccc3n(Cc3cccc(Cl)c3)c2n1)N1CCC(Cc2ccccc2)CC1. The minimum absolute atomic E-state index is 0.135. The summed E-state index contributed by atoms with van der Waals surface area (Å²) in [5.74, 6) is 1.08. The van der Waals surface area contributed by atoms with Gasteiger partial charge in [0.2, 0.25) is 11.1 Å². The molecule has 3 heterocycles. The predicted molar refractivity (Wildman–Crippen MR) is 154 cm³/mol. The van der Waals surface area contributed by atoms with Crippen LogP contribution in [0.4, 0.5) is 0 Å². The van der Waals surface area contributed by atoms with Crippen molar-refractivity contribution in [3.8, 4) is 0 Å². The Morgan fingerprint density at radius 1 is 0.921 bits per heavy atom. The Kier molecular flexibility index (Phi) is 7.29. The molecular weight excluding hydrogens is 514 g/mol. The molecule has 6 nitrogen and oxygen atoms in total. The number of thioether (sulfide) groups is 1. The average Bonchev–Trinajstić information content (AvgIpc) is 3.25. The van der Waals surface area contributed by atoms with Gasteiger partial charge in [0, 0.05) is 30.0 Å². The summed E-state index contributed by atoms with van der Waals surface area (Å²) in [5.41, 5.74) is 5.02. The number of aromatic nitrogens is 4. The molecular formula is C30H28ClN5OS. The first-order chi connectivity index (χ1) is 18.6. The van der Waals surface area contributed by atoms with Crippen LogP contribution in [0.1, 0.15) is 24.0 Å². The summed E-state index contributed by atoms with van der Waals surface area (Å²) < 4.78 is 2.15. The van der Waals surface area contributed by atoms with Crippen LogP contribution in [-0.4, -0.2) is 49.4 Å². The van der Waals surface area contributed by atoms with Gasteiger partial charge in [0.15, 0.2) is 5.65 Å². The summed E-state index contributed by atoms with van der Waals surface area (Å²) in [6.07, 6.45) is 3.16. The minimum Gasteiger partial charge on any atom is -0.342 e. The fourth-order valence-corrected chi connectivity index (χ4v) is 6.18. The lowest BCUT2D eigenvalue weighted by atomic mass is 9.90. The number of nitrogens with zero attached hydrogens (tertiary/aromatic N) is 5. The zero-order valence-corrected chi connectivity index (χ0v) is 22.5. The Bertz CT molecular complexity index is 1580. The van der Waals surface area contributed by atoms with E-state index in [0.29, 0.717) is 28.4 Å². The second kappa shape index (κ2) is 11.1. The summed E-state index contributed by atoms with van der Waals surface area (Å²) in [5, 5.41) is 11.1. The molecule has 1 saturated heterocycles. The van der Waals surface area contributed by atoms with Gasteiger partial charge in [-0.2, -0.15) is 0 Å². The molecule has 0 radical (unpaired) electrons. The van der Waals surface area contributed by atoms with Crippen molar-refractivity contribution in [1.82, 2.24) is 24.6 Å². The van der Waals surface area contributed by atoms with E-state index in [0.717, 1.165) is 60.0 Å². The molecule has 8 heteroatoms. The fourth-order valence-electron chi connectivity index (χ4n) is 5.28. The molecule has 0 N–H and O–H groups in total. The number of amides is 1. The van der Waals surface area contributed by atoms with Crippen molar-refractivity contribution < 1.29 is 4.79 Å². The van der Waals surface area contributed by atoms with Crippen LogP contribution >= 0.6 is 23.4 Å². The highest BCUT2D eigenvalue weighted by molar-refractivity contribution is 7.99. The minimum atomic E-state index is 0.135. The van der Waals surface area contributed by atoms with Crippen molar-refractivity contribution in [2.75, 3.05) is 18.8 Å². The van der Waals surface area contributed by atoms with Gasteiger partial charge in [0.25, 0.3) is 0 Å². The summed E-state index contributed by atoms with van der Waals surface area (Å²) in [6, 6.07) is 26.6. The van der Waals surface area contributed by atoms with Crippen LogP contribution in [0.15, 0.2) is 84.0 Å². The molecule has 1 amide bonds. The quantitative estimate of drug-likeness (QED) is 0.228. The fraction of sp³-hybridized carbons (Fsp3) is 0.267. The van der Waals surface area contributed by atoms with Crippen LogP contribution in [0.3, 0.4) is 0 Å². The van der Waals surface area contributed by atoms with Crippen molar-refractivity contribution in [3.05, 3.63) is 95.0 Å². The lowest BCUT2D eigenvalue weighted by Crippen LogP contribution is -2.39. The summed E-state index contributed by atoms with van der Waals surface area (Å²) in [4.78, 5) is 19.8. The van der Waals surface area contributed by atoms with E-state index in [1.54, 1.807) is 0 Å². The van der Waals surface area contributed by atoms with Gasteiger partial charge in [-0.3, -0.25) is 4.79 Å². The third-order valence-electron chi connectivity index (χ3n) is 7.24. The van der Waals surface area contributed by atoms with E-state index in [9.17, 15) is 4.79 Å². The van der Waals surface area contributed by atoms with Gasteiger partial charge in [-0.1, -0.05) is 84.0 Å². The van der Waals surface area contributed by atoms with Crippen molar-refractivity contribution in [1.29, 1.82) is 0 Å². The first-order valence-electron chi connectivity index (χ1n) is 12.9. The van der Waals surface area contributed by atoms with Crippen LogP contribution in [0.2, 0.25) is 5.02 Å². The number of likely N-dealkylation sites (tertiary alicyclic amines) is 1. The third kappa shape index (κ3) is 5.40. The number of halogens is 1. The second-order valence-corrected chi connectivity index (χ2v) is 11.2. The van der Waals surface area contributed by atoms with Gasteiger partial charge in [0.05, 0.1) is 11.3 Å². The van der Waals surface area contributed by atoms with Crippen LogP contribution in [0, 0.1) is 5.92 Å². The highest BCUT2D eigenvalue weighted by Gasteiger charge is 2.23. The molecule has 0 spiro atoms. The van der Waals surface area contributed by atoms with Crippen LogP contribution in [0.5, 0.6) is 0 Å². The number of carbonyl (C=O) groups excluding carboxylic acids is 1. The molecule has 1 aliphatic heterocycles. The molecule has 5 aromatic rings. The molecule has 38 heavy (non-hydrogen) atoms. The van der Waals surface area contributed by atoms with Crippen LogP contribution in [-0.2, 0) is 17.8 Å². The monoisotopic (exact) mass is 541 g/mol. The number of rotatable bonds is 7. The summed E-state index contributed by atoms with van der Waals surface area (Å²) in [6.45, 7) is 2.23. The van der Waals surface area contributed by atoms with E-state index in [2.05, 4.69) is 57.2 Å². The van der Waals surface area contributed by atoms with E-state index in [1.807, 2.05) is 41.3 Å². The zero-order valence-electron chi connectivity index (χ0n) is 21.0. The molecule has 1 fully saturated rings. The Balaban J connectivity index is 1.14. The average molecular weight is 542 g/mol. The largest absolute Gasteiger partial charge is 0.342 e. The van der Waals surface area contributed by atoms with E-state index < -0.39 is 0 Å². The zero-order chi connectivity index (χ0) is 25.9. The Labute approximate surface area is 231 Å². The van der Waals surface area contributed by atoms with Crippen molar-refractivity contribution in [3.63, 3.8) is 0 Å². The van der Waals surface area contributed by atoms with Gasteiger partial charge in [0.1, 0.15) is 5.52 Å². The lowest BCUT2D eigenvalue weighted by molar-refractivity contribution is -0.129. The topological polar surface area (TPSA) is 63.9 Å². The van der Waals surface area contributed by atoms with Gasteiger partial charge in [-0.15, -0.1) is 10.2 Å². The Morgan fingerprint density at radius 2 is 1.68 bits per heavy atom. The van der Waals surface area contributed by atoms with Gasteiger partial charge < -0.3 is 9.47 Å². The Morgan fingerprint density at radius 3 is 2.50 bits per heavy atom. The molecule has 2 aromatic heterocycles. The molecule has 3 aromatic carbocycles. The predicted octanol–water partition coefficient (Wildman–Crippen LogP) is 6.25. The number of hydrogen-bond donors (Lipinski definition) is 0. The number of para-hydroxylation sites is 1. The van der Waals surface area contributed by atoms with Gasteiger partial charge >= 0.3 is 0 Å². The van der Waals surface area contributed by atoms with E-state index in [4.69, 9.17) is 16.6 Å². The standard InChI is InChI=1S/C30H28ClN5OS/c31-24-10-6-9-23(18-24)19-36-26-12-5-4-11-25(26)28-29(36)32-30(34-33-28)38-20-27(37)35-15-13-22(14-16-35)17-21-7-2-1-3-8-21/h1-12,18,22H,13-17,19-20H2. The van der Waals surface area contributed by atoms with Crippen LogP contribution < -0.4 is 0 Å². The third-order valence-corrected chi connectivity index (χ3v) is 8.30. The maximum atomic E-state index is 13.0. The van der Waals surface area contributed by atoms with Gasteiger partial charge in [-0.05, 0) is 54.5 Å². The van der Waals surface area contributed by atoms with Gasteiger partial charge in [-0.25, -0.2) is 4.98 Å². The van der Waals surface area contributed by atoms with Crippen molar-refractivity contribution >= 4 is 51.3 Å². The Hall–Kier alpha value is -3.42. The number of fused-ring (bicyclic) bond motifs is 3. The van der Waals surface area contributed by atoms with E-state index in [1.165, 1.54) is 17.3 Å². The first kappa shape index (κ1) is 24.9. The molecule has 0 bridgehead atoms. The summed E-state index contributed by atoms with van der Waals surface area (Å²) in [7, 11) is 0. The maximum absolute atomic E-state index is 13.0. The molecule has 0 atom stereocenters. The lowest BCUT2D eigenvalue weighted by Gasteiger charge is -2.32. The molecule has 192 valence electrons.